The summed E-state index contributed by atoms with van der Waals surface area (Å²) in [5, 5.41) is 0. The Bertz CT molecular complexity index is 2760. The van der Waals surface area contributed by atoms with Crippen LogP contribution in [0.15, 0.2) is 160 Å². The van der Waals surface area contributed by atoms with Crippen LogP contribution in [-0.2, 0) is 26.2 Å². The Morgan fingerprint density at radius 1 is 0.387 bits per heavy atom. The number of halogens is 3. The van der Waals surface area contributed by atoms with Gasteiger partial charge in [-0.25, -0.2) is 36.5 Å². The summed E-state index contributed by atoms with van der Waals surface area (Å²) < 4.78 is 17.9. The lowest BCUT2D eigenvalue weighted by Gasteiger charge is -2.16. The molecule has 0 aliphatic heterocycles. The number of rotatable bonds is 18. The standard InChI is InChI=1S/C21H33N2.C17H25N2.2C13H17N2.3BrH/c1-6-7-8-9-13-22-14-15-23(16-22)21-19(17(2)3)11-10-12-20(21)18(4)5;1-6-18-10-11-19(12-18)17-15(13(2)3)8-7-9-16(17)14(4)5;1-3-8-14-9-10-15(11-14)13-6-4-12(2)5-7-13;1-3-8-14-9-10-15(11-14)13-7-5-4-6-12(13)2;;;/h10-12,14-18H,6-9,13H2,1-5H3;7-14H,6H2,1-5H3;2*4-7,9-11H,3,8H2,1-2H3;3*1H/q4*+1;;;/p-3. The number of hydrogen-bond acceptors (Lipinski definition) is 0. The molecule has 0 bridgehead atoms. The van der Waals surface area contributed by atoms with E-state index in [0.29, 0.717) is 23.7 Å². The summed E-state index contributed by atoms with van der Waals surface area (Å²) in [7, 11) is 0. The predicted molar refractivity (Wildman–Crippen MR) is 300 cm³/mol. The zero-order chi connectivity index (χ0) is 52.2. The van der Waals surface area contributed by atoms with Crippen LogP contribution in [-0.4, -0.2) is 18.3 Å². The van der Waals surface area contributed by atoms with Gasteiger partial charge in [0.1, 0.15) is 72.3 Å². The zero-order valence-electron chi connectivity index (χ0n) is 48.1. The lowest BCUT2D eigenvalue weighted by atomic mass is 9.92. The Hall–Kier alpha value is -4.84. The summed E-state index contributed by atoms with van der Waals surface area (Å²) in [5.74, 6) is 2.13. The van der Waals surface area contributed by atoms with Gasteiger partial charge in [0.25, 0.3) is 0 Å². The molecule has 4 aromatic heterocycles. The van der Waals surface area contributed by atoms with E-state index in [0.717, 1.165) is 26.2 Å². The van der Waals surface area contributed by atoms with Gasteiger partial charge in [0.2, 0.25) is 25.3 Å². The van der Waals surface area contributed by atoms with Gasteiger partial charge in [0, 0.05) is 22.3 Å². The molecule has 0 saturated heterocycles. The van der Waals surface area contributed by atoms with E-state index < -0.39 is 0 Å². The molecule has 0 amide bonds. The molecule has 4 aromatic carbocycles. The molecule has 0 unspecified atom stereocenters. The van der Waals surface area contributed by atoms with E-state index in [4.69, 9.17) is 0 Å². The van der Waals surface area contributed by atoms with Crippen molar-refractivity contribution >= 4 is 0 Å². The first kappa shape index (κ1) is 66.3. The molecule has 75 heavy (non-hydrogen) atoms. The smallest absolute Gasteiger partial charge is 0.248 e. The number of hydrogen-bond donors (Lipinski definition) is 0. The third-order valence-electron chi connectivity index (χ3n) is 13.3. The van der Waals surface area contributed by atoms with Crippen LogP contribution in [0.1, 0.15) is 179 Å². The van der Waals surface area contributed by atoms with Crippen molar-refractivity contribution in [2.75, 3.05) is 0 Å². The number of benzene rings is 4. The van der Waals surface area contributed by atoms with E-state index in [1.165, 1.54) is 94.7 Å². The fraction of sp³-hybridized carbons (Fsp3) is 0.438. The molecule has 408 valence electrons. The highest BCUT2D eigenvalue weighted by Crippen LogP contribution is 2.32. The minimum Gasteiger partial charge on any atom is -1.00 e. The van der Waals surface area contributed by atoms with Crippen LogP contribution in [0.5, 0.6) is 0 Å². The Labute approximate surface area is 485 Å². The summed E-state index contributed by atoms with van der Waals surface area (Å²) in [6.07, 6.45) is 33.5. The van der Waals surface area contributed by atoms with E-state index in [1.54, 1.807) is 0 Å². The van der Waals surface area contributed by atoms with Crippen molar-refractivity contribution in [3.8, 4) is 22.7 Å². The molecular formula is C64H92Br3N8+. The Morgan fingerprint density at radius 3 is 1.21 bits per heavy atom. The number of aryl methyl sites for hydroxylation is 6. The summed E-state index contributed by atoms with van der Waals surface area (Å²) in [6, 6.07) is 30.4. The summed E-state index contributed by atoms with van der Waals surface area (Å²) in [6.45, 7) is 35.5. The maximum absolute atomic E-state index is 2.33. The SMILES string of the molecule is CCCCCC[n+]1ccn(-c2c(C(C)C)cccc2C(C)C)c1.CCC[n+]1ccn(-c2ccc(C)cc2)c1.CCC[n+]1ccn(-c2ccccc2C)c1.CC[n+]1ccn(-c2c(C(C)C)cccc2C(C)C)c1.[Br-].[Br-].[Br-]. The van der Waals surface area contributed by atoms with Crippen molar-refractivity contribution in [2.45, 2.75) is 185 Å². The number of para-hydroxylation sites is 3. The molecule has 0 aliphatic rings. The Kier molecular flexibility index (Phi) is 30.1. The first-order valence-corrected chi connectivity index (χ1v) is 27.4. The van der Waals surface area contributed by atoms with E-state index in [2.05, 4.69) is 293 Å². The Balaban J connectivity index is 0.000000343. The first-order chi connectivity index (χ1) is 34.7. The predicted octanol–water partition coefficient (Wildman–Crippen LogP) is 5.60. The van der Waals surface area contributed by atoms with E-state index in [1.807, 2.05) is 0 Å². The summed E-state index contributed by atoms with van der Waals surface area (Å²) in [4.78, 5) is 0. The second kappa shape index (κ2) is 34.0. The highest BCUT2D eigenvalue weighted by molar-refractivity contribution is 5.52. The van der Waals surface area contributed by atoms with Gasteiger partial charge in [-0.3, -0.25) is 0 Å². The molecule has 8 rings (SSSR count). The molecule has 4 heterocycles. The van der Waals surface area contributed by atoms with Crippen molar-refractivity contribution in [1.82, 2.24) is 18.3 Å². The van der Waals surface area contributed by atoms with Gasteiger partial charge >= 0.3 is 0 Å². The van der Waals surface area contributed by atoms with Gasteiger partial charge in [0.05, 0.1) is 26.2 Å². The lowest BCUT2D eigenvalue weighted by Crippen LogP contribution is -3.00. The normalized spacial score (nSPS) is 10.7. The molecule has 0 saturated carbocycles. The van der Waals surface area contributed by atoms with Crippen molar-refractivity contribution in [1.29, 1.82) is 0 Å². The largest absolute Gasteiger partial charge is 1.00 e. The van der Waals surface area contributed by atoms with Gasteiger partial charge in [0.15, 0.2) is 0 Å². The van der Waals surface area contributed by atoms with Gasteiger partial charge in [-0.2, -0.15) is 0 Å². The quantitative estimate of drug-likeness (QED) is 0.0794. The van der Waals surface area contributed by atoms with Crippen LogP contribution in [0.3, 0.4) is 0 Å². The highest BCUT2D eigenvalue weighted by Gasteiger charge is 2.21. The maximum atomic E-state index is 2.33. The van der Waals surface area contributed by atoms with Crippen LogP contribution in [0.25, 0.3) is 22.7 Å². The minimum atomic E-state index is 0. The topological polar surface area (TPSA) is 35.2 Å². The fourth-order valence-electron chi connectivity index (χ4n) is 9.15. The van der Waals surface area contributed by atoms with E-state index >= 15 is 0 Å². The molecule has 0 radical (unpaired) electrons. The van der Waals surface area contributed by atoms with Crippen LogP contribution in [0.2, 0.25) is 0 Å². The molecule has 0 atom stereocenters. The molecular weight excluding hydrogens is 1120 g/mol. The minimum absolute atomic E-state index is 0. The first-order valence-electron chi connectivity index (χ1n) is 27.4. The molecule has 8 nitrogen and oxygen atoms in total. The number of imidazole rings is 4. The monoisotopic (exact) mass is 1210 g/mol. The van der Waals surface area contributed by atoms with Crippen molar-refractivity contribution in [3.05, 3.63) is 193 Å². The highest BCUT2D eigenvalue weighted by atomic mass is 79.9. The zero-order valence-corrected chi connectivity index (χ0v) is 52.9. The fourth-order valence-corrected chi connectivity index (χ4v) is 9.15. The molecule has 0 fully saturated rings. The Morgan fingerprint density at radius 2 is 0.787 bits per heavy atom. The number of aromatic nitrogens is 8. The van der Waals surface area contributed by atoms with E-state index in [9.17, 15) is 0 Å². The average molecular weight is 1210 g/mol. The van der Waals surface area contributed by atoms with Crippen LogP contribution in [0, 0.1) is 13.8 Å². The van der Waals surface area contributed by atoms with Crippen LogP contribution >= 0.6 is 0 Å². The average Bonchev–Trinajstić information content (AvgIpc) is 4.23. The van der Waals surface area contributed by atoms with Crippen molar-refractivity contribution < 1.29 is 69.2 Å². The van der Waals surface area contributed by atoms with Gasteiger partial charge in [-0.1, -0.05) is 161 Å². The van der Waals surface area contributed by atoms with Crippen LogP contribution < -0.4 is 69.2 Å². The second-order valence-corrected chi connectivity index (χ2v) is 20.7. The van der Waals surface area contributed by atoms with E-state index in [-0.39, 0.29) is 50.9 Å². The lowest BCUT2D eigenvalue weighted by molar-refractivity contribution is -0.696. The van der Waals surface area contributed by atoms with Crippen molar-refractivity contribution in [3.63, 3.8) is 0 Å². The molecule has 8 aromatic rings. The summed E-state index contributed by atoms with van der Waals surface area (Å²) >= 11 is 0. The number of unbranched alkanes of at least 4 members (excludes halogenated alkanes) is 3. The summed E-state index contributed by atoms with van der Waals surface area (Å²) in [5.41, 5.74) is 13.5. The van der Waals surface area contributed by atoms with Crippen LogP contribution in [0.4, 0.5) is 0 Å². The molecule has 0 N–H and O–H groups in total. The third-order valence-corrected chi connectivity index (χ3v) is 13.3. The second-order valence-electron chi connectivity index (χ2n) is 20.7. The molecule has 0 spiro atoms. The maximum Gasteiger partial charge on any atom is 0.248 e. The number of nitrogens with zero attached hydrogens (tertiary/aromatic N) is 8. The van der Waals surface area contributed by atoms with Crippen molar-refractivity contribution in [2.24, 2.45) is 0 Å². The van der Waals surface area contributed by atoms with Gasteiger partial charge in [-0.05, 0) is 93.9 Å². The molecule has 11 heteroatoms. The molecule has 0 aliphatic carbocycles. The third kappa shape index (κ3) is 19.6. The van der Waals surface area contributed by atoms with Gasteiger partial charge in [-0.15, -0.1) is 0 Å². The van der Waals surface area contributed by atoms with Gasteiger partial charge < -0.3 is 50.9 Å².